The van der Waals surface area contributed by atoms with Crippen LogP contribution in [-0.2, 0) is 19.7 Å². The number of benzene rings is 1. The van der Waals surface area contributed by atoms with Crippen LogP contribution in [0.4, 0.5) is 0 Å². The molecule has 0 spiro atoms. The highest BCUT2D eigenvalue weighted by Crippen LogP contribution is 2.52. The zero-order valence-electron chi connectivity index (χ0n) is 12.0. The van der Waals surface area contributed by atoms with Crippen LogP contribution in [0.15, 0.2) is 18.2 Å². The van der Waals surface area contributed by atoms with Crippen molar-refractivity contribution in [1.82, 2.24) is 0 Å². The van der Waals surface area contributed by atoms with E-state index in [-0.39, 0.29) is 12.1 Å². The fraction of sp³-hybridized carbons (Fsp3) is 0.562. The summed E-state index contributed by atoms with van der Waals surface area (Å²) in [4.78, 5) is 12.1. The maximum absolute atomic E-state index is 12.1. The van der Waals surface area contributed by atoms with Crippen molar-refractivity contribution in [3.8, 4) is 5.75 Å². The van der Waals surface area contributed by atoms with Crippen LogP contribution in [0.1, 0.15) is 30.4 Å². The number of aryl methyl sites for hydroxylation is 1. The van der Waals surface area contributed by atoms with Gasteiger partial charge in [0.05, 0.1) is 25.7 Å². The number of carbonyl (C=O) groups is 1. The second-order valence-electron chi connectivity index (χ2n) is 5.68. The Bertz CT molecular complexity index is 513. The van der Waals surface area contributed by atoms with Gasteiger partial charge in [0.2, 0.25) is 0 Å². The molecule has 2 aliphatic rings. The standard InChI is InChI=1S/C16H20O4/c1-11-3-4-14(20-12-5-8-19-10-12)13(9-11)16(6-7-16)15(17)18-2/h3-4,9,12H,5-8,10H2,1-2H3/t12-/m0/s1. The summed E-state index contributed by atoms with van der Waals surface area (Å²) in [5.41, 5.74) is 1.61. The second-order valence-corrected chi connectivity index (χ2v) is 5.68. The van der Waals surface area contributed by atoms with Gasteiger partial charge in [-0.25, -0.2) is 0 Å². The monoisotopic (exact) mass is 276 g/mol. The van der Waals surface area contributed by atoms with E-state index in [1.807, 2.05) is 19.1 Å². The van der Waals surface area contributed by atoms with E-state index in [1.165, 1.54) is 7.11 Å². The van der Waals surface area contributed by atoms with Gasteiger partial charge in [0.25, 0.3) is 0 Å². The number of methoxy groups -OCH3 is 1. The van der Waals surface area contributed by atoms with E-state index >= 15 is 0 Å². The average molecular weight is 276 g/mol. The number of carbonyl (C=O) groups excluding carboxylic acids is 1. The van der Waals surface area contributed by atoms with Crippen molar-refractivity contribution in [1.29, 1.82) is 0 Å². The third-order valence-electron chi connectivity index (χ3n) is 4.16. The molecule has 0 amide bonds. The lowest BCUT2D eigenvalue weighted by atomic mass is 9.93. The number of esters is 1. The molecule has 3 rings (SSSR count). The van der Waals surface area contributed by atoms with Crippen LogP contribution in [0.5, 0.6) is 5.75 Å². The quantitative estimate of drug-likeness (QED) is 0.792. The van der Waals surface area contributed by atoms with Crippen LogP contribution >= 0.6 is 0 Å². The SMILES string of the molecule is COC(=O)C1(c2cc(C)ccc2O[C@H]2CCOC2)CC1. The van der Waals surface area contributed by atoms with Crippen LogP contribution in [0, 0.1) is 6.92 Å². The summed E-state index contributed by atoms with van der Waals surface area (Å²) in [6.45, 7) is 3.39. The van der Waals surface area contributed by atoms with E-state index in [9.17, 15) is 4.79 Å². The first-order chi connectivity index (χ1) is 9.65. The van der Waals surface area contributed by atoms with E-state index in [2.05, 4.69) is 6.07 Å². The molecule has 0 unspecified atom stereocenters. The Hall–Kier alpha value is -1.55. The Balaban J connectivity index is 1.92. The lowest BCUT2D eigenvalue weighted by molar-refractivity contribution is -0.143. The smallest absolute Gasteiger partial charge is 0.316 e. The molecule has 1 aromatic rings. The van der Waals surface area contributed by atoms with Crippen molar-refractivity contribution in [3.05, 3.63) is 29.3 Å². The Kier molecular flexibility index (Phi) is 3.42. The number of rotatable bonds is 4. The van der Waals surface area contributed by atoms with Gasteiger partial charge >= 0.3 is 5.97 Å². The molecule has 0 N–H and O–H groups in total. The first kappa shape index (κ1) is 13.4. The molecule has 0 bridgehead atoms. The maximum Gasteiger partial charge on any atom is 0.316 e. The number of hydrogen-bond acceptors (Lipinski definition) is 4. The molecule has 1 aromatic carbocycles. The molecule has 1 aliphatic carbocycles. The van der Waals surface area contributed by atoms with Crippen molar-refractivity contribution < 1.29 is 19.0 Å². The van der Waals surface area contributed by atoms with Gasteiger partial charge in [-0.1, -0.05) is 17.7 Å². The number of ether oxygens (including phenoxy) is 3. The average Bonchev–Trinajstić information content (AvgIpc) is 3.11. The molecule has 1 aliphatic heterocycles. The first-order valence-electron chi connectivity index (χ1n) is 7.10. The van der Waals surface area contributed by atoms with Gasteiger partial charge in [-0.2, -0.15) is 0 Å². The topological polar surface area (TPSA) is 44.8 Å². The van der Waals surface area contributed by atoms with Crippen LogP contribution in [0.2, 0.25) is 0 Å². The van der Waals surface area contributed by atoms with Gasteiger partial charge in [0, 0.05) is 12.0 Å². The molecule has 4 nitrogen and oxygen atoms in total. The molecule has 0 aromatic heterocycles. The summed E-state index contributed by atoms with van der Waals surface area (Å²) in [6.07, 6.45) is 2.66. The molecule has 1 saturated carbocycles. The van der Waals surface area contributed by atoms with E-state index < -0.39 is 5.41 Å². The predicted molar refractivity (Wildman–Crippen MR) is 74.0 cm³/mol. The minimum absolute atomic E-state index is 0.0879. The molecular weight excluding hydrogens is 256 g/mol. The Labute approximate surface area is 119 Å². The predicted octanol–water partition coefficient (Wildman–Crippen LogP) is 2.37. The summed E-state index contributed by atoms with van der Waals surface area (Å²) < 4.78 is 16.4. The van der Waals surface area contributed by atoms with Crippen molar-refractivity contribution >= 4 is 5.97 Å². The molecule has 1 atom stereocenters. The lowest BCUT2D eigenvalue weighted by Gasteiger charge is -2.20. The van der Waals surface area contributed by atoms with Gasteiger partial charge < -0.3 is 14.2 Å². The van der Waals surface area contributed by atoms with Crippen LogP contribution in [0.25, 0.3) is 0 Å². The van der Waals surface area contributed by atoms with Crippen LogP contribution < -0.4 is 4.74 Å². The van der Waals surface area contributed by atoms with Crippen molar-refractivity contribution in [3.63, 3.8) is 0 Å². The third-order valence-corrected chi connectivity index (χ3v) is 4.16. The zero-order valence-corrected chi connectivity index (χ0v) is 12.0. The van der Waals surface area contributed by atoms with Crippen molar-refractivity contribution in [2.75, 3.05) is 20.3 Å². The van der Waals surface area contributed by atoms with E-state index in [4.69, 9.17) is 14.2 Å². The molecular formula is C16H20O4. The molecule has 2 fully saturated rings. The largest absolute Gasteiger partial charge is 0.488 e. The fourth-order valence-electron chi connectivity index (χ4n) is 2.81. The minimum Gasteiger partial charge on any atom is -0.488 e. The van der Waals surface area contributed by atoms with Crippen LogP contribution in [-0.4, -0.2) is 32.4 Å². The first-order valence-corrected chi connectivity index (χ1v) is 7.10. The molecule has 1 saturated heterocycles. The normalized spacial score (nSPS) is 23.4. The Morgan fingerprint density at radius 2 is 2.20 bits per heavy atom. The highest BCUT2D eigenvalue weighted by molar-refractivity contribution is 5.87. The summed E-state index contributed by atoms with van der Waals surface area (Å²) >= 11 is 0. The molecule has 0 radical (unpaired) electrons. The van der Waals surface area contributed by atoms with Gasteiger partial charge in [-0.05, 0) is 25.8 Å². The van der Waals surface area contributed by atoms with Crippen molar-refractivity contribution in [2.45, 2.75) is 37.7 Å². The van der Waals surface area contributed by atoms with Gasteiger partial charge in [0.15, 0.2) is 0 Å². The summed E-state index contributed by atoms with van der Waals surface area (Å²) in [5.74, 6) is 0.643. The lowest BCUT2D eigenvalue weighted by Crippen LogP contribution is -2.24. The fourth-order valence-corrected chi connectivity index (χ4v) is 2.81. The number of hydrogen-bond donors (Lipinski definition) is 0. The van der Waals surface area contributed by atoms with Gasteiger partial charge in [-0.15, -0.1) is 0 Å². The van der Waals surface area contributed by atoms with Gasteiger partial charge in [-0.3, -0.25) is 4.79 Å². The van der Waals surface area contributed by atoms with E-state index in [0.29, 0.717) is 6.61 Å². The van der Waals surface area contributed by atoms with Crippen molar-refractivity contribution in [2.24, 2.45) is 0 Å². The second kappa shape index (κ2) is 5.09. The summed E-state index contributed by atoms with van der Waals surface area (Å²) in [6, 6.07) is 6.03. The molecule has 108 valence electrons. The third kappa shape index (κ3) is 2.29. The summed E-state index contributed by atoms with van der Waals surface area (Å²) in [5, 5.41) is 0. The Morgan fingerprint density at radius 1 is 1.40 bits per heavy atom. The van der Waals surface area contributed by atoms with E-state index in [1.54, 1.807) is 0 Å². The highest BCUT2D eigenvalue weighted by atomic mass is 16.5. The van der Waals surface area contributed by atoms with Gasteiger partial charge in [0.1, 0.15) is 11.9 Å². The highest BCUT2D eigenvalue weighted by Gasteiger charge is 2.54. The molecule has 20 heavy (non-hydrogen) atoms. The summed E-state index contributed by atoms with van der Waals surface area (Å²) in [7, 11) is 1.45. The molecule has 4 heteroatoms. The zero-order chi connectivity index (χ0) is 14.2. The minimum atomic E-state index is -0.491. The van der Waals surface area contributed by atoms with E-state index in [0.717, 1.165) is 42.7 Å². The Morgan fingerprint density at radius 3 is 2.80 bits per heavy atom. The van der Waals surface area contributed by atoms with Crippen LogP contribution in [0.3, 0.4) is 0 Å². The molecule has 1 heterocycles. The maximum atomic E-state index is 12.1.